The Labute approximate surface area is 159 Å². The van der Waals surface area contributed by atoms with Gasteiger partial charge in [0.1, 0.15) is 5.15 Å². The van der Waals surface area contributed by atoms with Crippen LogP contribution in [-0.4, -0.2) is 24.7 Å². The van der Waals surface area contributed by atoms with E-state index in [1.54, 1.807) is 11.8 Å². The Bertz CT molecular complexity index is 1070. The maximum Gasteiger partial charge on any atom is 0.192 e. The van der Waals surface area contributed by atoms with Gasteiger partial charge in [0.2, 0.25) is 0 Å². The van der Waals surface area contributed by atoms with Crippen LogP contribution in [0.3, 0.4) is 0 Å². The van der Waals surface area contributed by atoms with E-state index in [4.69, 9.17) is 11.6 Å². The average molecular weight is 382 g/mol. The maximum absolute atomic E-state index is 5.86. The van der Waals surface area contributed by atoms with Crippen molar-refractivity contribution in [3.05, 3.63) is 59.5 Å². The summed E-state index contributed by atoms with van der Waals surface area (Å²) < 4.78 is 2.30. The first-order valence-electron chi connectivity index (χ1n) is 8.54. The lowest BCUT2D eigenvalue weighted by atomic mass is 10.1. The average Bonchev–Trinajstić information content (AvgIpc) is 3.28. The van der Waals surface area contributed by atoms with Crippen LogP contribution in [0.15, 0.2) is 53.9 Å². The van der Waals surface area contributed by atoms with Crippen LogP contribution in [0, 0.1) is 0 Å². The summed E-state index contributed by atoms with van der Waals surface area (Å²) in [5.74, 6) is 1.74. The lowest BCUT2D eigenvalue weighted by Gasteiger charge is -2.08. The molecule has 1 saturated carbocycles. The summed E-state index contributed by atoms with van der Waals surface area (Å²) in [6.45, 7) is 0. The van der Waals surface area contributed by atoms with Gasteiger partial charge < -0.3 is 4.98 Å². The van der Waals surface area contributed by atoms with Crippen molar-refractivity contribution in [2.45, 2.75) is 29.8 Å². The molecule has 1 fully saturated rings. The Morgan fingerprint density at radius 1 is 1.15 bits per heavy atom. The van der Waals surface area contributed by atoms with E-state index in [1.807, 2.05) is 30.6 Å². The zero-order chi connectivity index (χ0) is 17.5. The normalized spacial score (nSPS) is 14.2. The first-order valence-corrected chi connectivity index (χ1v) is 9.90. The van der Waals surface area contributed by atoms with Crippen molar-refractivity contribution in [1.29, 1.82) is 0 Å². The minimum absolute atomic E-state index is 0.500. The lowest BCUT2D eigenvalue weighted by molar-refractivity contribution is 0.669. The van der Waals surface area contributed by atoms with Crippen molar-refractivity contribution in [3.63, 3.8) is 0 Å². The molecule has 0 atom stereocenters. The third-order valence-corrected chi connectivity index (χ3v) is 5.80. The zero-order valence-corrected chi connectivity index (χ0v) is 15.5. The Kier molecular flexibility index (Phi) is 3.94. The fraction of sp³-hybridized carbons (Fsp3) is 0.211. The molecule has 0 spiro atoms. The molecule has 5 nitrogen and oxygen atoms in total. The molecule has 5 rings (SSSR count). The molecular weight excluding hydrogens is 366 g/mol. The molecular formula is C19H16ClN5S. The predicted octanol–water partition coefficient (Wildman–Crippen LogP) is 5.10. The van der Waals surface area contributed by atoms with Gasteiger partial charge >= 0.3 is 0 Å². The molecule has 4 aromatic rings. The SMILES string of the molecule is Clc1ccc(CSc2nnc(-c3c[nH]c4ccccc34)n2C2CC2)cn1. The Hall–Kier alpha value is -2.31. The predicted molar refractivity (Wildman–Crippen MR) is 104 cm³/mol. The largest absolute Gasteiger partial charge is 0.360 e. The zero-order valence-electron chi connectivity index (χ0n) is 13.9. The molecule has 0 unspecified atom stereocenters. The van der Waals surface area contributed by atoms with E-state index in [0.29, 0.717) is 11.2 Å². The van der Waals surface area contributed by atoms with Crippen molar-refractivity contribution in [2.24, 2.45) is 0 Å². The molecule has 130 valence electrons. The van der Waals surface area contributed by atoms with Crippen molar-refractivity contribution in [1.82, 2.24) is 24.7 Å². The molecule has 0 amide bonds. The molecule has 3 aromatic heterocycles. The molecule has 0 radical (unpaired) electrons. The molecule has 1 N–H and O–H groups in total. The van der Waals surface area contributed by atoms with E-state index in [2.05, 4.69) is 42.9 Å². The molecule has 1 aliphatic rings. The molecule has 0 aliphatic heterocycles. The topological polar surface area (TPSA) is 59.4 Å². The van der Waals surface area contributed by atoms with Crippen LogP contribution >= 0.6 is 23.4 Å². The Morgan fingerprint density at radius 2 is 2.04 bits per heavy atom. The van der Waals surface area contributed by atoms with Crippen LogP contribution in [0.1, 0.15) is 24.4 Å². The highest BCUT2D eigenvalue weighted by Crippen LogP contribution is 2.42. The molecule has 0 bridgehead atoms. The number of nitrogens with one attached hydrogen (secondary N) is 1. The summed E-state index contributed by atoms with van der Waals surface area (Å²) in [4.78, 5) is 7.48. The second kappa shape index (κ2) is 6.45. The highest BCUT2D eigenvalue weighted by atomic mass is 35.5. The van der Waals surface area contributed by atoms with Gasteiger partial charge in [0.25, 0.3) is 0 Å². The van der Waals surface area contributed by atoms with Gasteiger partial charge in [-0.15, -0.1) is 10.2 Å². The van der Waals surface area contributed by atoms with E-state index in [9.17, 15) is 0 Å². The van der Waals surface area contributed by atoms with Crippen molar-refractivity contribution >= 4 is 34.3 Å². The molecule has 26 heavy (non-hydrogen) atoms. The first-order chi connectivity index (χ1) is 12.8. The number of aromatic amines is 1. The summed E-state index contributed by atoms with van der Waals surface area (Å²) >= 11 is 7.56. The minimum atomic E-state index is 0.500. The second-order valence-electron chi connectivity index (χ2n) is 6.43. The quantitative estimate of drug-likeness (QED) is 0.386. The molecule has 0 saturated heterocycles. The summed E-state index contributed by atoms with van der Waals surface area (Å²) in [5.41, 5.74) is 3.35. The summed E-state index contributed by atoms with van der Waals surface area (Å²) in [7, 11) is 0. The Balaban J connectivity index is 1.49. The van der Waals surface area contributed by atoms with Crippen molar-refractivity contribution in [2.75, 3.05) is 0 Å². The van der Waals surface area contributed by atoms with E-state index < -0.39 is 0 Å². The van der Waals surface area contributed by atoms with Gasteiger partial charge in [-0.05, 0) is 30.5 Å². The monoisotopic (exact) mass is 381 g/mol. The van der Waals surface area contributed by atoms with Gasteiger partial charge in [-0.2, -0.15) is 0 Å². The van der Waals surface area contributed by atoms with Crippen molar-refractivity contribution in [3.8, 4) is 11.4 Å². The number of thioether (sulfide) groups is 1. The number of nitrogens with zero attached hydrogens (tertiary/aromatic N) is 4. The molecule has 7 heteroatoms. The number of fused-ring (bicyclic) bond motifs is 1. The van der Waals surface area contributed by atoms with Crippen LogP contribution in [0.4, 0.5) is 0 Å². The van der Waals surface area contributed by atoms with E-state index in [1.165, 1.54) is 18.2 Å². The van der Waals surface area contributed by atoms with E-state index in [0.717, 1.165) is 33.4 Å². The third-order valence-electron chi connectivity index (χ3n) is 4.56. The highest BCUT2D eigenvalue weighted by Gasteiger charge is 2.30. The van der Waals surface area contributed by atoms with Crippen LogP contribution in [-0.2, 0) is 5.75 Å². The van der Waals surface area contributed by atoms with Crippen LogP contribution in [0.5, 0.6) is 0 Å². The van der Waals surface area contributed by atoms with Gasteiger partial charge in [-0.3, -0.25) is 4.57 Å². The highest BCUT2D eigenvalue weighted by molar-refractivity contribution is 7.98. The standard InChI is InChI=1S/C19H16ClN5S/c20-17-8-5-12(9-22-17)11-26-19-24-23-18(25(19)13-6-7-13)15-10-21-16-4-2-1-3-14(15)16/h1-5,8-10,13,21H,6-7,11H2. The van der Waals surface area contributed by atoms with Crippen LogP contribution in [0.25, 0.3) is 22.3 Å². The first kappa shape index (κ1) is 15.9. The minimum Gasteiger partial charge on any atom is -0.360 e. The van der Waals surface area contributed by atoms with Gasteiger partial charge in [-0.1, -0.05) is 47.6 Å². The number of halogens is 1. The van der Waals surface area contributed by atoms with Crippen molar-refractivity contribution < 1.29 is 0 Å². The van der Waals surface area contributed by atoms with E-state index in [-0.39, 0.29) is 0 Å². The lowest BCUT2D eigenvalue weighted by Crippen LogP contribution is -1.99. The summed E-state index contributed by atoms with van der Waals surface area (Å²) in [5, 5.41) is 11.7. The van der Waals surface area contributed by atoms with Gasteiger partial charge in [0, 0.05) is 40.7 Å². The van der Waals surface area contributed by atoms with Crippen LogP contribution in [0.2, 0.25) is 5.15 Å². The number of para-hydroxylation sites is 1. The van der Waals surface area contributed by atoms with Gasteiger partial charge in [0.15, 0.2) is 11.0 Å². The number of hydrogen-bond acceptors (Lipinski definition) is 4. The number of rotatable bonds is 5. The van der Waals surface area contributed by atoms with Gasteiger partial charge in [0.05, 0.1) is 0 Å². The van der Waals surface area contributed by atoms with E-state index >= 15 is 0 Å². The van der Waals surface area contributed by atoms with Crippen LogP contribution < -0.4 is 0 Å². The fourth-order valence-electron chi connectivity index (χ4n) is 3.12. The number of hydrogen-bond donors (Lipinski definition) is 1. The number of aromatic nitrogens is 5. The summed E-state index contributed by atoms with van der Waals surface area (Å²) in [6.07, 6.45) is 6.21. The second-order valence-corrected chi connectivity index (χ2v) is 7.76. The Morgan fingerprint density at radius 3 is 2.85 bits per heavy atom. The smallest absolute Gasteiger partial charge is 0.192 e. The molecule has 1 aromatic carbocycles. The molecule has 1 aliphatic carbocycles. The maximum atomic E-state index is 5.86. The van der Waals surface area contributed by atoms with Gasteiger partial charge in [-0.25, -0.2) is 4.98 Å². The molecule has 3 heterocycles. The number of pyridine rings is 1. The summed E-state index contributed by atoms with van der Waals surface area (Å²) in [6, 6.07) is 12.6. The number of H-pyrrole nitrogens is 1. The fourth-order valence-corrected chi connectivity index (χ4v) is 4.17. The number of benzene rings is 1. The third kappa shape index (κ3) is 2.89.